The van der Waals surface area contributed by atoms with E-state index >= 15 is 0 Å². The molecule has 0 atom stereocenters. The van der Waals surface area contributed by atoms with Gasteiger partial charge in [-0.3, -0.25) is 0 Å². The van der Waals surface area contributed by atoms with Gasteiger partial charge in [0.2, 0.25) is 0 Å². The number of H-pyrrole nitrogens is 1. The molecule has 1 aromatic heterocycles. The molecule has 2 aromatic rings. The largest absolute Gasteiger partial charge is 2.00 e. The Morgan fingerprint density at radius 3 is 2.60 bits per heavy atom. The van der Waals surface area contributed by atoms with Gasteiger partial charge in [0.1, 0.15) is 13.6 Å². The van der Waals surface area contributed by atoms with Crippen molar-refractivity contribution in [3.63, 3.8) is 0 Å². The molecule has 0 aliphatic rings. The molecule has 1 heterocycles. The minimum absolute atomic E-state index is 0. The Kier molecular flexibility index (Phi) is 4.23. The normalized spacial score (nSPS) is 11.1. The van der Waals surface area contributed by atoms with Gasteiger partial charge in [0.05, 0.1) is 0 Å². The molecule has 0 aliphatic carbocycles. The van der Waals surface area contributed by atoms with E-state index in [1.807, 2.05) is 0 Å². The molecule has 15 heavy (non-hydrogen) atoms. The van der Waals surface area contributed by atoms with Crippen LogP contribution in [0.15, 0.2) is 30.5 Å². The van der Waals surface area contributed by atoms with Crippen LogP contribution in [-0.2, 0) is 4.57 Å². The Morgan fingerprint density at radius 2 is 1.93 bits per heavy atom. The van der Waals surface area contributed by atoms with Crippen molar-refractivity contribution in [1.29, 1.82) is 0 Å². The van der Waals surface area contributed by atoms with Gasteiger partial charge in [-0.2, -0.15) is 0 Å². The molecule has 7 heteroatoms. The predicted octanol–water partition coefficient (Wildman–Crippen LogP) is -0.00540. The van der Waals surface area contributed by atoms with Crippen LogP contribution in [0.1, 0.15) is 0 Å². The Balaban J connectivity index is 0.00000112. The molecule has 0 bridgehead atoms. The molecule has 1 aromatic carbocycles. The molecule has 1 N–H and O–H groups in total. The zero-order chi connectivity index (χ0) is 10.2. The average molecular weight is 251 g/mol. The number of phosphoric ester groups is 1. The van der Waals surface area contributed by atoms with Crippen LogP contribution in [0.5, 0.6) is 5.75 Å². The average Bonchev–Trinajstić information content (AvgIpc) is 2.47. The van der Waals surface area contributed by atoms with Gasteiger partial charge in [-0.25, -0.2) is 0 Å². The number of aromatic nitrogens is 1. The molecule has 0 saturated heterocycles. The second-order valence-corrected chi connectivity index (χ2v) is 3.81. The van der Waals surface area contributed by atoms with Gasteiger partial charge in [-0.15, -0.1) is 0 Å². The Morgan fingerprint density at radius 1 is 1.27 bits per heavy atom. The number of para-hydroxylation sites is 1. The molecular weight excluding hydrogens is 245 g/mol. The first-order valence-corrected chi connectivity index (χ1v) is 5.30. The van der Waals surface area contributed by atoms with Crippen LogP contribution in [-0.4, -0.2) is 42.7 Å². The third-order valence-electron chi connectivity index (χ3n) is 1.76. The van der Waals surface area contributed by atoms with E-state index in [-0.39, 0.29) is 43.5 Å². The molecule has 74 valence electrons. The molecule has 0 saturated carbocycles. The van der Waals surface area contributed by atoms with Crippen molar-refractivity contribution in [2.45, 2.75) is 0 Å². The van der Waals surface area contributed by atoms with Crippen molar-refractivity contribution in [1.82, 2.24) is 4.98 Å². The van der Waals surface area contributed by atoms with Crippen LogP contribution in [0.2, 0.25) is 0 Å². The summed E-state index contributed by atoms with van der Waals surface area (Å²) in [5.74, 6) is 0.0360. The van der Waals surface area contributed by atoms with Gasteiger partial charge in [0.25, 0.3) is 0 Å². The quantitative estimate of drug-likeness (QED) is 0.600. The van der Waals surface area contributed by atoms with Crippen LogP contribution in [0, 0.1) is 0 Å². The zero-order valence-corrected chi connectivity index (χ0v) is 10.8. The topological polar surface area (TPSA) is 88.2 Å². The van der Waals surface area contributed by atoms with Crippen molar-refractivity contribution < 1.29 is 18.9 Å². The molecular formula is C8H6CaNO4P. The molecule has 5 nitrogen and oxygen atoms in total. The number of hydrogen-bond acceptors (Lipinski definition) is 4. The number of nitrogens with one attached hydrogen (secondary N) is 1. The predicted molar refractivity (Wildman–Crippen MR) is 52.3 cm³/mol. The third-order valence-corrected chi connectivity index (χ3v) is 2.18. The summed E-state index contributed by atoms with van der Waals surface area (Å²) in [4.78, 5) is 23.5. The monoisotopic (exact) mass is 251 g/mol. The summed E-state index contributed by atoms with van der Waals surface area (Å²) in [5, 5.41) is 0.569. The van der Waals surface area contributed by atoms with Gasteiger partial charge in [-0.05, 0) is 12.1 Å². The summed E-state index contributed by atoms with van der Waals surface area (Å²) in [6, 6.07) is 6.93. The summed E-state index contributed by atoms with van der Waals surface area (Å²) in [5.41, 5.74) is 0.718. The number of fused-ring (bicyclic) bond motifs is 1. The number of phosphoric acid groups is 1. The van der Waals surface area contributed by atoms with Gasteiger partial charge in [0, 0.05) is 17.1 Å². The van der Waals surface area contributed by atoms with Crippen molar-refractivity contribution in [2.75, 3.05) is 0 Å². The maximum atomic E-state index is 10.4. The number of rotatable bonds is 2. The fraction of sp³-hybridized carbons (Fsp3) is 0. The SMILES string of the molecule is O=P([O-])([O-])Oc1c[nH]c2ccccc12.[Ca+2]. The Labute approximate surface area is 116 Å². The molecule has 0 fully saturated rings. The van der Waals surface area contributed by atoms with Crippen molar-refractivity contribution in [3.8, 4) is 5.75 Å². The first-order valence-electron chi connectivity index (χ1n) is 3.84. The zero-order valence-electron chi connectivity index (χ0n) is 7.67. The minimum Gasteiger partial charge on any atom is -0.780 e. The van der Waals surface area contributed by atoms with E-state index < -0.39 is 7.82 Å². The minimum atomic E-state index is -4.98. The first-order chi connectivity index (χ1) is 6.56. The summed E-state index contributed by atoms with van der Waals surface area (Å²) >= 11 is 0. The molecule has 0 unspecified atom stereocenters. The van der Waals surface area contributed by atoms with Crippen LogP contribution < -0.4 is 14.3 Å². The number of aromatic amines is 1. The van der Waals surface area contributed by atoms with E-state index in [2.05, 4.69) is 9.51 Å². The fourth-order valence-corrected chi connectivity index (χ4v) is 1.63. The fourth-order valence-electron chi connectivity index (χ4n) is 1.24. The summed E-state index contributed by atoms with van der Waals surface area (Å²) in [6.45, 7) is 0. The van der Waals surface area contributed by atoms with Crippen molar-refractivity contribution >= 4 is 56.5 Å². The van der Waals surface area contributed by atoms with Crippen molar-refractivity contribution in [2.24, 2.45) is 0 Å². The summed E-state index contributed by atoms with van der Waals surface area (Å²) in [6.07, 6.45) is 1.34. The van der Waals surface area contributed by atoms with Crippen molar-refractivity contribution in [3.05, 3.63) is 30.5 Å². The molecule has 0 amide bonds. The van der Waals surface area contributed by atoms with Gasteiger partial charge < -0.3 is 23.9 Å². The molecule has 0 aliphatic heterocycles. The van der Waals surface area contributed by atoms with E-state index in [1.54, 1.807) is 24.3 Å². The first kappa shape index (κ1) is 13.0. The van der Waals surface area contributed by atoms with Gasteiger partial charge in [0.15, 0.2) is 0 Å². The summed E-state index contributed by atoms with van der Waals surface area (Å²) < 4.78 is 14.6. The van der Waals surface area contributed by atoms with E-state index in [4.69, 9.17) is 0 Å². The van der Waals surface area contributed by atoms with Crippen LogP contribution in [0.25, 0.3) is 10.9 Å². The number of benzene rings is 1. The standard InChI is InChI=1S/C8H8NO4P.Ca/c10-14(11,12)13-8-5-9-7-4-2-1-3-6(7)8;/h1-5,9H,(H2,10,11,12);/q;+2/p-2. The van der Waals surface area contributed by atoms with Gasteiger partial charge >= 0.3 is 37.7 Å². The second kappa shape index (κ2) is 4.87. The Bertz CT molecular complexity index is 506. The van der Waals surface area contributed by atoms with E-state index in [0.717, 1.165) is 5.52 Å². The van der Waals surface area contributed by atoms with Crippen LogP contribution in [0.4, 0.5) is 0 Å². The van der Waals surface area contributed by atoms with E-state index in [0.29, 0.717) is 5.39 Å². The van der Waals surface area contributed by atoms with Crippen LogP contribution >= 0.6 is 7.82 Å². The second-order valence-electron chi connectivity index (χ2n) is 2.74. The summed E-state index contributed by atoms with van der Waals surface area (Å²) in [7, 11) is -4.98. The third kappa shape index (κ3) is 3.21. The molecule has 2 rings (SSSR count). The maximum absolute atomic E-state index is 10.4. The van der Waals surface area contributed by atoms with Gasteiger partial charge in [-0.1, -0.05) is 12.1 Å². The number of hydrogen-bond donors (Lipinski definition) is 1. The Hall–Kier alpha value is -0.0303. The molecule has 0 radical (unpaired) electrons. The van der Waals surface area contributed by atoms with Crippen LogP contribution in [0.3, 0.4) is 0 Å². The maximum Gasteiger partial charge on any atom is 2.00 e. The smallest absolute Gasteiger partial charge is 0.780 e. The van der Waals surface area contributed by atoms with E-state index in [1.165, 1.54) is 6.20 Å². The molecule has 0 spiro atoms. The van der Waals surface area contributed by atoms with E-state index in [9.17, 15) is 14.4 Å².